The third-order valence-electron chi connectivity index (χ3n) is 2.21. The number of hydrogen-bond acceptors (Lipinski definition) is 6. The zero-order valence-electron chi connectivity index (χ0n) is 10.6. The molecule has 0 radical (unpaired) electrons. The molecule has 0 saturated carbocycles. The molecule has 1 rings (SSSR count). The van der Waals surface area contributed by atoms with Crippen molar-refractivity contribution in [2.45, 2.75) is 26.1 Å². The standard InChI is InChI=1S/C10H12F3N3O4/c1-4-6(7(14)20-16-4)9(18)19-5(2)8(17)15-3-10(11,12)13/h5H,3,14H2,1-2H3,(H,15,17)/t5-/m1/s1. The van der Waals surface area contributed by atoms with Gasteiger partial charge in [-0.15, -0.1) is 0 Å². The quantitative estimate of drug-likeness (QED) is 0.795. The number of nitrogens with two attached hydrogens (primary N) is 1. The van der Waals surface area contributed by atoms with E-state index < -0.39 is 30.7 Å². The Balaban J connectivity index is 2.60. The molecular formula is C10H12F3N3O4. The predicted octanol–water partition coefficient (Wildman–Crippen LogP) is 0.789. The van der Waals surface area contributed by atoms with Gasteiger partial charge in [0.15, 0.2) is 6.10 Å². The van der Waals surface area contributed by atoms with Gasteiger partial charge < -0.3 is 20.3 Å². The molecule has 10 heteroatoms. The first-order valence-corrected chi connectivity index (χ1v) is 5.39. The molecule has 112 valence electrons. The van der Waals surface area contributed by atoms with Crippen LogP contribution in [0.2, 0.25) is 0 Å². The van der Waals surface area contributed by atoms with Gasteiger partial charge in [-0.05, 0) is 13.8 Å². The summed E-state index contributed by atoms with van der Waals surface area (Å²) < 4.78 is 44.9. The number of rotatable bonds is 4. The number of carbonyl (C=O) groups is 2. The minimum absolute atomic E-state index is 0.149. The van der Waals surface area contributed by atoms with Crippen LogP contribution in [0.25, 0.3) is 0 Å². The topological polar surface area (TPSA) is 107 Å². The maximum Gasteiger partial charge on any atom is 0.405 e. The number of hydrogen-bond donors (Lipinski definition) is 2. The average Bonchev–Trinajstić information content (AvgIpc) is 2.64. The van der Waals surface area contributed by atoms with Gasteiger partial charge in [-0.1, -0.05) is 5.16 Å². The Labute approximate surface area is 111 Å². The number of halogens is 3. The smallest absolute Gasteiger partial charge is 0.405 e. The molecule has 1 amide bonds. The SMILES string of the molecule is Cc1noc(N)c1C(=O)O[C@H](C)C(=O)NCC(F)(F)F. The third-order valence-corrected chi connectivity index (χ3v) is 2.21. The Morgan fingerprint density at radius 3 is 2.55 bits per heavy atom. The highest BCUT2D eigenvalue weighted by molar-refractivity contribution is 5.96. The molecule has 0 saturated heterocycles. The van der Waals surface area contributed by atoms with Crippen molar-refractivity contribution in [1.82, 2.24) is 10.5 Å². The Bertz CT molecular complexity index is 493. The molecule has 0 aromatic carbocycles. The van der Waals surface area contributed by atoms with Crippen LogP contribution < -0.4 is 11.1 Å². The lowest BCUT2D eigenvalue weighted by molar-refractivity contribution is -0.143. The van der Waals surface area contributed by atoms with Crippen LogP contribution in [0.15, 0.2) is 4.52 Å². The summed E-state index contributed by atoms with van der Waals surface area (Å²) in [4.78, 5) is 23.0. The lowest BCUT2D eigenvalue weighted by Crippen LogP contribution is -2.40. The van der Waals surface area contributed by atoms with Gasteiger partial charge in [-0.25, -0.2) is 4.79 Å². The number of anilines is 1. The number of nitrogens with zero attached hydrogens (tertiary/aromatic N) is 1. The van der Waals surface area contributed by atoms with E-state index in [2.05, 4.69) is 14.4 Å². The number of aromatic nitrogens is 1. The van der Waals surface area contributed by atoms with Crippen LogP contribution >= 0.6 is 0 Å². The summed E-state index contributed by atoms with van der Waals surface area (Å²) in [5, 5.41) is 5.00. The first kappa shape index (κ1) is 15.8. The molecule has 1 aromatic heterocycles. The van der Waals surface area contributed by atoms with Gasteiger partial charge in [0.1, 0.15) is 12.1 Å². The fraction of sp³-hybridized carbons (Fsp3) is 0.500. The average molecular weight is 295 g/mol. The minimum Gasteiger partial charge on any atom is -0.449 e. The van der Waals surface area contributed by atoms with Crippen LogP contribution in [-0.4, -0.2) is 35.9 Å². The molecule has 0 aliphatic heterocycles. The zero-order chi connectivity index (χ0) is 15.5. The van der Waals surface area contributed by atoms with E-state index in [1.54, 1.807) is 5.32 Å². The second-order valence-corrected chi connectivity index (χ2v) is 3.89. The number of carbonyl (C=O) groups excluding carboxylic acids is 2. The molecule has 1 heterocycles. The molecule has 0 aliphatic rings. The van der Waals surface area contributed by atoms with Gasteiger partial charge in [0.2, 0.25) is 5.88 Å². The molecule has 7 nitrogen and oxygen atoms in total. The maximum absolute atomic E-state index is 11.9. The second kappa shape index (κ2) is 5.80. The molecule has 1 atom stereocenters. The molecule has 0 unspecified atom stereocenters. The number of nitrogens with one attached hydrogen (secondary N) is 1. The number of ether oxygens (including phenoxy) is 1. The normalized spacial score (nSPS) is 12.8. The van der Waals surface area contributed by atoms with E-state index in [9.17, 15) is 22.8 Å². The largest absolute Gasteiger partial charge is 0.449 e. The Hall–Kier alpha value is -2.26. The van der Waals surface area contributed by atoms with Crippen molar-refractivity contribution in [2.75, 3.05) is 12.3 Å². The molecule has 0 spiro atoms. The zero-order valence-corrected chi connectivity index (χ0v) is 10.6. The molecule has 0 aliphatic carbocycles. The van der Waals surface area contributed by atoms with Crippen molar-refractivity contribution in [3.63, 3.8) is 0 Å². The van der Waals surface area contributed by atoms with Gasteiger partial charge in [0.25, 0.3) is 5.91 Å². The van der Waals surface area contributed by atoms with Gasteiger partial charge >= 0.3 is 12.1 Å². The Kier molecular flexibility index (Phi) is 4.58. The molecule has 20 heavy (non-hydrogen) atoms. The lowest BCUT2D eigenvalue weighted by Gasteiger charge is -2.14. The number of amides is 1. The third kappa shape index (κ3) is 4.14. The Morgan fingerprint density at radius 2 is 2.10 bits per heavy atom. The molecule has 0 bridgehead atoms. The first-order chi connectivity index (χ1) is 9.11. The second-order valence-electron chi connectivity index (χ2n) is 3.89. The van der Waals surface area contributed by atoms with Crippen LogP contribution in [0.1, 0.15) is 23.0 Å². The van der Waals surface area contributed by atoms with Crippen molar-refractivity contribution in [3.8, 4) is 0 Å². The van der Waals surface area contributed by atoms with Gasteiger partial charge in [-0.3, -0.25) is 4.79 Å². The fourth-order valence-corrected chi connectivity index (χ4v) is 1.24. The van der Waals surface area contributed by atoms with Crippen molar-refractivity contribution >= 4 is 17.8 Å². The van der Waals surface area contributed by atoms with E-state index in [4.69, 9.17) is 5.73 Å². The Morgan fingerprint density at radius 1 is 1.50 bits per heavy atom. The van der Waals surface area contributed by atoms with Gasteiger partial charge in [0, 0.05) is 0 Å². The predicted molar refractivity (Wildman–Crippen MR) is 59.6 cm³/mol. The van der Waals surface area contributed by atoms with E-state index in [1.807, 2.05) is 0 Å². The molecule has 0 fully saturated rings. The van der Waals surface area contributed by atoms with E-state index in [1.165, 1.54) is 6.92 Å². The summed E-state index contributed by atoms with van der Waals surface area (Å²) >= 11 is 0. The molecule has 3 N–H and O–H groups in total. The highest BCUT2D eigenvalue weighted by Gasteiger charge is 2.30. The van der Waals surface area contributed by atoms with Crippen molar-refractivity contribution in [3.05, 3.63) is 11.3 Å². The summed E-state index contributed by atoms with van der Waals surface area (Å²) in [6.45, 7) is 1.04. The molecule has 1 aromatic rings. The van der Waals surface area contributed by atoms with E-state index in [-0.39, 0.29) is 17.1 Å². The fourth-order valence-electron chi connectivity index (χ4n) is 1.24. The van der Waals surface area contributed by atoms with E-state index in [0.717, 1.165) is 6.92 Å². The monoisotopic (exact) mass is 295 g/mol. The van der Waals surface area contributed by atoms with Crippen LogP contribution in [0.5, 0.6) is 0 Å². The van der Waals surface area contributed by atoms with Crippen molar-refractivity contribution in [1.29, 1.82) is 0 Å². The maximum atomic E-state index is 11.9. The number of aryl methyl sites for hydroxylation is 1. The minimum atomic E-state index is -4.55. The van der Waals surface area contributed by atoms with Crippen LogP contribution in [0, 0.1) is 6.92 Å². The molecular weight excluding hydrogens is 283 g/mol. The number of esters is 1. The summed E-state index contributed by atoms with van der Waals surface area (Å²) in [6.07, 6.45) is -5.96. The highest BCUT2D eigenvalue weighted by Crippen LogP contribution is 2.17. The van der Waals surface area contributed by atoms with Gasteiger partial charge in [0.05, 0.1) is 5.69 Å². The van der Waals surface area contributed by atoms with Crippen LogP contribution in [0.3, 0.4) is 0 Å². The van der Waals surface area contributed by atoms with Crippen molar-refractivity contribution < 1.29 is 32.0 Å². The summed E-state index contributed by atoms with van der Waals surface area (Å²) in [6, 6.07) is 0. The van der Waals surface area contributed by atoms with Crippen LogP contribution in [0.4, 0.5) is 19.1 Å². The van der Waals surface area contributed by atoms with Crippen LogP contribution in [-0.2, 0) is 9.53 Å². The summed E-state index contributed by atoms with van der Waals surface area (Å²) in [7, 11) is 0. The lowest BCUT2D eigenvalue weighted by atomic mass is 10.2. The van der Waals surface area contributed by atoms with Gasteiger partial charge in [-0.2, -0.15) is 13.2 Å². The van der Waals surface area contributed by atoms with E-state index in [0.29, 0.717) is 0 Å². The highest BCUT2D eigenvalue weighted by atomic mass is 19.4. The summed E-state index contributed by atoms with van der Waals surface area (Å²) in [5.41, 5.74) is 5.31. The number of alkyl halides is 3. The van der Waals surface area contributed by atoms with Crippen molar-refractivity contribution in [2.24, 2.45) is 0 Å². The number of nitrogen functional groups attached to an aromatic ring is 1. The summed E-state index contributed by atoms with van der Waals surface area (Å²) in [5.74, 6) is -2.38. The van der Waals surface area contributed by atoms with E-state index >= 15 is 0 Å². The first-order valence-electron chi connectivity index (χ1n) is 5.39.